The fraction of sp³-hybridized carbons (Fsp3) is 0.750. The monoisotopic (exact) mass is 360 g/mol. The third-order valence-corrected chi connectivity index (χ3v) is 3.68. The molecule has 0 radical (unpaired) electrons. The summed E-state index contributed by atoms with van der Waals surface area (Å²) in [6.45, 7) is 4.18. The number of carboxylic acids is 1. The molecule has 144 valence electrons. The maximum Gasteiger partial charge on any atom is 0.328 e. The molecule has 25 heavy (non-hydrogen) atoms. The Bertz CT molecular complexity index is 457. The average Bonchev–Trinajstić information content (AvgIpc) is 3.24. The van der Waals surface area contributed by atoms with Crippen LogP contribution in [0.5, 0.6) is 0 Å². The van der Waals surface area contributed by atoms with Gasteiger partial charge in [0.1, 0.15) is 12.1 Å². The summed E-state index contributed by atoms with van der Waals surface area (Å²) < 4.78 is 9.11. The zero-order valence-corrected chi connectivity index (χ0v) is 15.2. The SMILES string of the molecule is CC(=O)O.COC(=O)C1CCCN1.COC(=O)C1CCCN1C(C)=O. The molecule has 2 aliphatic heterocycles. The van der Waals surface area contributed by atoms with Gasteiger partial charge in [0.15, 0.2) is 0 Å². The van der Waals surface area contributed by atoms with Crippen LogP contribution in [0.3, 0.4) is 0 Å². The van der Waals surface area contributed by atoms with Gasteiger partial charge in [0.05, 0.1) is 14.2 Å². The maximum atomic E-state index is 11.1. The van der Waals surface area contributed by atoms with Gasteiger partial charge in [-0.2, -0.15) is 0 Å². The van der Waals surface area contributed by atoms with Crippen molar-refractivity contribution < 1.29 is 33.8 Å². The van der Waals surface area contributed by atoms with Gasteiger partial charge in [-0.3, -0.25) is 14.4 Å². The number of ether oxygens (including phenoxy) is 2. The Kier molecular flexibility index (Phi) is 11.2. The fourth-order valence-corrected chi connectivity index (χ4v) is 2.55. The third-order valence-electron chi connectivity index (χ3n) is 3.68. The van der Waals surface area contributed by atoms with Gasteiger partial charge in [0.25, 0.3) is 5.97 Å². The number of methoxy groups -OCH3 is 2. The van der Waals surface area contributed by atoms with Gasteiger partial charge in [0.2, 0.25) is 5.91 Å². The molecule has 0 aromatic carbocycles. The number of aliphatic carboxylic acids is 1. The van der Waals surface area contributed by atoms with Crippen LogP contribution in [0.15, 0.2) is 0 Å². The molecule has 0 aromatic heterocycles. The van der Waals surface area contributed by atoms with Crippen molar-refractivity contribution >= 4 is 23.8 Å². The lowest BCUT2D eigenvalue weighted by Gasteiger charge is -2.20. The number of rotatable bonds is 2. The van der Waals surface area contributed by atoms with E-state index >= 15 is 0 Å². The molecule has 2 saturated heterocycles. The summed E-state index contributed by atoms with van der Waals surface area (Å²) in [4.78, 5) is 43.4. The van der Waals surface area contributed by atoms with E-state index in [0.717, 1.165) is 39.2 Å². The second-order valence-electron chi connectivity index (χ2n) is 5.58. The van der Waals surface area contributed by atoms with E-state index in [-0.39, 0.29) is 29.9 Å². The highest BCUT2D eigenvalue weighted by atomic mass is 16.5. The number of carboxylic acid groups (broad SMARTS) is 1. The zero-order valence-electron chi connectivity index (χ0n) is 15.2. The minimum Gasteiger partial charge on any atom is -0.481 e. The van der Waals surface area contributed by atoms with Crippen LogP contribution in [-0.4, -0.2) is 73.2 Å². The van der Waals surface area contributed by atoms with E-state index in [9.17, 15) is 14.4 Å². The predicted octanol–water partition coefficient (Wildman–Crippen LogP) is 0.173. The van der Waals surface area contributed by atoms with Crippen LogP contribution >= 0.6 is 0 Å². The van der Waals surface area contributed by atoms with Crippen molar-refractivity contribution in [3.8, 4) is 0 Å². The molecule has 2 N–H and O–H groups in total. The van der Waals surface area contributed by atoms with Crippen molar-refractivity contribution in [1.29, 1.82) is 0 Å². The number of hydrogen-bond donors (Lipinski definition) is 2. The molecule has 9 nitrogen and oxygen atoms in total. The Balaban J connectivity index is 0.000000391. The van der Waals surface area contributed by atoms with Crippen molar-refractivity contribution in [3.63, 3.8) is 0 Å². The highest BCUT2D eigenvalue weighted by Gasteiger charge is 2.32. The van der Waals surface area contributed by atoms with Crippen molar-refractivity contribution in [3.05, 3.63) is 0 Å². The molecule has 0 spiro atoms. The Morgan fingerprint density at radius 2 is 1.56 bits per heavy atom. The van der Waals surface area contributed by atoms with E-state index in [1.54, 1.807) is 4.90 Å². The van der Waals surface area contributed by atoms with Crippen LogP contribution in [0.2, 0.25) is 0 Å². The number of nitrogens with one attached hydrogen (secondary N) is 1. The van der Waals surface area contributed by atoms with Crippen molar-refractivity contribution in [2.24, 2.45) is 0 Å². The standard InChI is InChI=1S/C8H13NO3.C6H11NO2.C2H4O2/c1-6(10)9-5-3-4-7(9)8(11)12-2;1-9-6(8)5-3-2-4-7-5;1-2(3)4/h7H,3-5H2,1-2H3;5,7H,2-4H2,1H3;1H3,(H,3,4). The highest BCUT2D eigenvalue weighted by Crippen LogP contribution is 2.17. The lowest BCUT2D eigenvalue weighted by Crippen LogP contribution is -2.39. The predicted molar refractivity (Wildman–Crippen MR) is 88.8 cm³/mol. The first-order chi connectivity index (χ1) is 11.7. The van der Waals surface area contributed by atoms with Gasteiger partial charge in [-0.15, -0.1) is 0 Å². The fourth-order valence-electron chi connectivity index (χ4n) is 2.55. The molecule has 1 amide bonds. The molecule has 9 heteroatoms. The molecule has 2 fully saturated rings. The lowest BCUT2D eigenvalue weighted by molar-refractivity contribution is -0.150. The van der Waals surface area contributed by atoms with Crippen molar-refractivity contribution in [2.45, 2.75) is 51.6 Å². The molecule has 0 saturated carbocycles. The van der Waals surface area contributed by atoms with Gasteiger partial charge >= 0.3 is 11.9 Å². The number of hydrogen-bond acceptors (Lipinski definition) is 7. The Morgan fingerprint density at radius 3 is 1.96 bits per heavy atom. The molecule has 0 aromatic rings. The van der Waals surface area contributed by atoms with Gasteiger partial charge in [-0.1, -0.05) is 0 Å². The number of amides is 1. The van der Waals surface area contributed by atoms with E-state index < -0.39 is 5.97 Å². The van der Waals surface area contributed by atoms with Crippen molar-refractivity contribution in [1.82, 2.24) is 10.2 Å². The number of carbonyl (C=O) groups is 4. The second kappa shape index (κ2) is 12.2. The first kappa shape index (κ1) is 22.8. The first-order valence-electron chi connectivity index (χ1n) is 8.10. The number of likely N-dealkylation sites (tertiary alicyclic amines) is 1. The largest absolute Gasteiger partial charge is 0.481 e. The van der Waals surface area contributed by atoms with Gasteiger partial charge < -0.3 is 24.8 Å². The number of nitrogens with zero attached hydrogens (tertiary/aromatic N) is 1. The Morgan fingerprint density at radius 1 is 1.00 bits per heavy atom. The molecule has 2 unspecified atom stereocenters. The molecule has 2 atom stereocenters. The average molecular weight is 360 g/mol. The van der Waals surface area contributed by atoms with Crippen LogP contribution in [0.1, 0.15) is 39.5 Å². The molecule has 0 aliphatic carbocycles. The van der Waals surface area contributed by atoms with E-state index in [1.807, 2.05) is 0 Å². The van der Waals surface area contributed by atoms with E-state index in [1.165, 1.54) is 21.1 Å². The summed E-state index contributed by atoms with van der Waals surface area (Å²) in [5.41, 5.74) is 0. The molecule has 2 rings (SSSR count). The summed E-state index contributed by atoms with van der Waals surface area (Å²) in [6.07, 6.45) is 3.62. The zero-order chi connectivity index (χ0) is 19.4. The topological polar surface area (TPSA) is 122 Å². The summed E-state index contributed by atoms with van der Waals surface area (Å²) in [7, 11) is 2.77. The highest BCUT2D eigenvalue weighted by molar-refractivity contribution is 5.83. The molecule has 2 aliphatic rings. The van der Waals surface area contributed by atoms with E-state index in [2.05, 4.69) is 14.8 Å². The molecule has 0 bridgehead atoms. The van der Waals surface area contributed by atoms with Gasteiger partial charge in [-0.05, 0) is 32.2 Å². The molecular formula is C16H28N2O7. The van der Waals surface area contributed by atoms with Gasteiger partial charge in [0, 0.05) is 20.4 Å². The second-order valence-corrected chi connectivity index (χ2v) is 5.58. The third kappa shape index (κ3) is 9.04. The normalized spacial score (nSPS) is 21.2. The lowest BCUT2D eigenvalue weighted by atomic mass is 10.2. The summed E-state index contributed by atoms with van der Waals surface area (Å²) in [5, 5.41) is 10.4. The number of carbonyl (C=O) groups excluding carboxylic acids is 3. The van der Waals surface area contributed by atoms with E-state index in [4.69, 9.17) is 9.90 Å². The first-order valence-corrected chi connectivity index (χ1v) is 8.10. The van der Waals surface area contributed by atoms with E-state index in [0.29, 0.717) is 6.54 Å². The summed E-state index contributed by atoms with van der Waals surface area (Å²) >= 11 is 0. The maximum absolute atomic E-state index is 11.1. The summed E-state index contributed by atoms with van der Waals surface area (Å²) in [6, 6.07) is -0.373. The smallest absolute Gasteiger partial charge is 0.328 e. The summed E-state index contributed by atoms with van der Waals surface area (Å²) in [5.74, 6) is -1.32. The Hall–Kier alpha value is -2.16. The Labute approximate surface area is 147 Å². The quantitative estimate of drug-likeness (QED) is 0.668. The van der Waals surface area contributed by atoms with Gasteiger partial charge in [-0.25, -0.2) is 4.79 Å². The van der Waals surface area contributed by atoms with Crippen LogP contribution in [0.25, 0.3) is 0 Å². The molecular weight excluding hydrogens is 332 g/mol. The minimum atomic E-state index is -0.833. The minimum absolute atomic E-state index is 0.0324. The van der Waals surface area contributed by atoms with Crippen LogP contribution in [-0.2, 0) is 28.7 Å². The van der Waals surface area contributed by atoms with Crippen LogP contribution in [0.4, 0.5) is 0 Å². The van der Waals surface area contributed by atoms with Crippen molar-refractivity contribution in [2.75, 3.05) is 27.3 Å². The molecule has 2 heterocycles. The van der Waals surface area contributed by atoms with Crippen LogP contribution < -0.4 is 5.32 Å². The van der Waals surface area contributed by atoms with Crippen LogP contribution in [0, 0.1) is 0 Å². The number of esters is 2.